The lowest BCUT2D eigenvalue weighted by Gasteiger charge is -2.24. The van der Waals surface area contributed by atoms with Crippen molar-refractivity contribution in [1.29, 1.82) is 0 Å². The SMILES string of the molecule is CC(C)N(C)c1cccc(NC(=O)CNCC2CC2)c1. The molecule has 1 aliphatic rings. The average Bonchev–Trinajstić information content (AvgIpc) is 3.22. The van der Waals surface area contributed by atoms with E-state index in [1.54, 1.807) is 0 Å². The molecule has 1 aromatic rings. The molecule has 0 unspecified atom stereocenters. The minimum absolute atomic E-state index is 0.0231. The van der Waals surface area contributed by atoms with Crippen LogP contribution in [0.15, 0.2) is 24.3 Å². The second kappa shape index (κ2) is 6.75. The predicted octanol–water partition coefficient (Wildman–Crippen LogP) is 2.47. The third kappa shape index (κ3) is 4.53. The molecule has 1 aromatic carbocycles. The monoisotopic (exact) mass is 275 g/mol. The molecule has 4 heteroatoms. The highest BCUT2D eigenvalue weighted by Crippen LogP contribution is 2.27. The zero-order chi connectivity index (χ0) is 14.5. The summed E-state index contributed by atoms with van der Waals surface area (Å²) in [7, 11) is 2.06. The van der Waals surface area contributed by atoms with Gasteiger partial charge in [-0.05, 0) is 57.4 Å². The van der Waals surface area contributed by atoms with Gasteiger partial charge in [0.2, 0.25) is 5.91 Å². The van der Waals surface area contributed by atoms with Crippen LogP contribution in [0.2, 0.25) is 0 Å². The number of benzene rings is 1. The standard InChI is InChI=1S/C16H25N3O/c1-12(2)19(3)15-6-4-5-14(9-15)18-16(20)11-17-10-13-7-8-13/h4-6,9,12-13,17H,7-8,10-11H2,1-3H3,(H,18,20). The van der Waals surface area contributed by atoms with E-state index in [2.05, 4.69) is 42.5 Å². The van der Waals surface area contributed by atoms with E-state index in [4.69, 9.17) is 0 Å². The average molecular weight is 275 g/mol. The first kappa shape index (κ1) is 14.9. The van der Waals surface area contributed by atoms with Gasteiger partial charge in [-0.25, -0.2) is 0 Å². The van der Waals surface area contributed by atoms with Crippen LogP contribution < -0.4 is 15.5 Å². The summed E-state index contributed by atoms with van der Waals surface area (Å²) in [4.78, 5) is 14.0. The van der Waals surface area contributed by atoms with Gasteiger partial charge in [-0.3, -0.25) is 4.79 Å². The Kier molecular flexibility index (Phi) is 5.01. The molecule has 1 amide bonds. The van der Waals surface area contributed by atoms with Crippen molar-refractivity contribution < 1.29 is 4.79 Å². The highest BCUT2D eigenvalue weighted by atomic mass is 16.1. The topological polar surface area (TPSA) is 44.4 Å². The molecular weight excluding hydrogens is 250 g/mol. The Morgan fingerprint density at radius 2 is 2.15 bits per heavy atom. The van der Waals surface area contributed by atoms with Crippen LogP contribution in [-0.2, 0) is 4.79 Å². The molecule has 0 atom stereocenters. The third-order valence-electron chi connectivity index (χ3n) is 3.73. The van der Waals surface area contributed by atoms with E-state index in [-0.39, 0.29) is 5.91 Å². The Hall–Kier alpha value is -1.55. The first-order chi connectivity index (χ1) is 9.56. The summed E-state index contributed by atoms with van der Waals surface area (Å²) in [6, 6.07) is 8.40. The molecule has 0 aliphatic heterocycles. The van der Waals surface area contributed by atoms with Gasteiger partial charge in [0.15, 0.2) is 0 Å². The van der Waals surface area contributed by atoms with E-state index in [1.165, 1.54) is 12.8 Å². The molecule has 1 saturated carbocycles. The van der Waals surface area contributed by atoms with Gasteiger partial charge in [0.25, 0.3) is 0 Å². The summed E-state index contributed by atoms with van der Waals surface area (Å²) in [6.45, 7) is 5.64. The molecule has 0 spiro atoms. The van der Waals surface area contributed by atoms with E-state index in [9.17, 15) is 4.79 Å². The van der Waals surface area contributed by atoms with Crippen LogP contribution in [0, 0.1) is 5.92 Å². The summed E-state index contributed by atoms with van der Waals surface area (Å²) in [5.74, 6) is 0.820. The number of rotatable bonds is 7. The fraction of sp³-hybridized carbons (Fsp3) is 0.562. The molecule has 110 valence electrons. The zero-order valence-corrected chi connectivity index (χ0v) is 12.6. The minimum atomic E-state index is 0.0231. The summed E-state index contributed by atoms with van der Waals surface area (Å²) < 4.78 is 0. The normalized spacial score (nSPS) is 14.4. The Bertz CT molecular complexity index is 455. The van der Waals surface area contributed by atoms with Crippen molar-refractivity contribution in [2.24, 2.45) is 5.92 Å². The number of amides is 1. The summed E-state index contributed by atoms with van der Waals surface area (Å²) >= 11 is 0. The number of anilines is 2. The summed E-state index contributed by atoms with van der Waals surface area (Å²) in [5.41, 5.74) is 1.97. The maximum atomic E-state index is 11.8. The van der Waals surface area contributed by atoms with E-state index in [0.717, 1.165) is 23.8 Å². The second-order valence-corrected chi connectivity index (χ2v) is 5.88. The van der Waals surface area contributed by atoms with E-state index >= 15 is 0 Å². The van der Waals surface area contributed by atoms with Gasteiger partial charge in [0, 0.05) is 24.5 Å². The second-order valence-electron chi connectivity index (χ2n) is 5.88. The first-order valence-electron chi connectivity index (χ1n) is 7.39. The zero-order valence-electron chi connectivity index (χ0n) is 12.6. The molecule has 20 heavy (non-hydrogen) atoms. The molecule has 2 rings (SSSR count). The summed E-state index contributed by atoms with van der Waals surface area (Å²) in [5, 5.41) is 6.14. The van der Waals surface area contributed by atoms with Crippen LogP contribution >= 0.6 is 0 Å². The highest BCUT2D eigenvalue weighted by Gasteiger charge is 2.20. The lowest BCUT2D eigenvalue weighted by molar-refractivity contribution is -0.115. The fourth-order valence-electron chi connectivity index (χ4n) is 2.02. The lowest BCUT2D eigenvalue weighted by atomic mass is 10.2. The number of carbonyl (C=O) groups is 1. The molecule has 0 radical (unpaired) electrons. The largest absolute Gasteiger partial charge is 0.372 e. The smallest absolute Gasteiger partial charge is 0.238 e. The van der Waals surface area contributed by atoms with E-state index in [1.807, 2.05) is 18.2 Å². The molecule has 0 saturated heterocycles. The van der Waals surface area contributed by atoms with Crippen molar-refractivity contribution in [2.75, 3.05) is 30.4 Å². The molecule has 0 heterocycles. The Morgan fingerprint density at radius 1 is 1.40 bits per heavy atom. The van der Waals surface area contributed by atoms with Gasteiger partial charge >= 0.3 is 0 Å². The number of hydrogen-bond donors (Lipinski definition) is 2. The molecule has 2 N–H and O–H groups in total. The minimum Gasteiger partial charge on any atom is -0.372 e. The Balaban J connectivity index is 1.84. The predicted molar refractivity (Wildman–Crippen MR) is 84.2 cm³/mol. The molecular formula is C16H25N3O. The number of nitrogens with zero attached hydrogens (tertiary/aromatic N) is 1. The van der Waals surface area contributed by atoms with Crippen molar-refractivity contribution in [3.05, 3.63) is 24.3 Å². The van der Waals surface area contributed by atoms with Crippen molar-refractivity contribution in [1.82, 2.24) is 5.32 Å². The third-order valence-corrected chi connectivity index (χ3v) is 3.73. The molecule has 0 bridgehead atoms. The van der Waals surface area contributed by atoms with Gasteiger partial charge in [0.05, 0.1) is 6.54 Å². The Morgan fingerprint density at radius 3 is 2.80 bits per heavy atom. The van der Waals surface area contributed by atoms with Crippen LogP contribution in [0.5, 0.6) is 0 Å². The first-order valence-corrected chi connectivity index (χ1v) is 7.39. The van der Waals surface area contributed by atoms with Crippen molar-refractivity contribution >= 4 is 17.3 Å². The number of nitrogens with one attached hydrogen (secondary N) is 2. The lowest BCUT2D eigenvalue weighted by Crippen LogP contribution is -2.29. The maximum Gasteiger partial charge on any atom is 0.238 e. The maximum absolute atomic E-state index is 11.8. The van der Waals surface area contributed by atoms with E-state index in [0.29, 0.717) is 12.6 Å². The fourth-order valence-corrected chi connectivity index (χ4v) is 2.02. The van der Waals surface area contributed by atoms with Gasteiger partial charge in [-0.15, -0.1) is 0 Å². The molecule has 1 fully saturated rings. The van der Waals surface area contributed by atoms with Gasteiger partial charge in [-0.2, -0.15) is 0 Å². The van der Waals surface area contributed by atoms with Crippen molar-refractivity contribution in [2.45, 2.75) is 32.7 Å². The van der Waals surface area contributed by atoms with Crippen LogP contribution in [0.3, 0.4) is 0 Å². The number of carbonyl (C=O) groups excluding carboxylic acids is 1. The van der Waals surface area contributed by atoms with Crippen LogP contribution in [0.4, 0.5) is 11.4 Å². The van der Waals surface area contributed by atoms with Crippen molar-refractivity contribution in [3.8, 4) is 0 Å². The quantitative estimate of drug-likeness (QED) is 0.803. The van der Waals surface area contributed by atoms with Gasteiger partial charge in [-0.1, -0.05) is 6.07 Å². The van der Waals surface area contributed by atoms with E-state index < -0.39 is 0 Å². The summed E-state index contributed by atoms with van der Waals surface area (Å²) in [6.07, 6.45) is 2.61. The van der Waals surface area contributed by atoms with Gasteiger partial charge in [0.1, 0.15) is 0 Å². The molecule has 0 aromatic heterocycles. The highest BCUT2D eigenvalue weighted by molar-refractivity contribution is 5.92. The van der Waals surface area contributed by atoms with Gasteiger partial charge < -0.3 is 15.5 Å². The molecule has 1 aliphatic carbocycles. The Labute approximate surface area is 121 Å². The van der Waals surface area contributed by atoms with Crippen LogP contribution in [-0.4, -0.2) is 32.1 Å². The number of hydrogen-bond acceptors (Lipinski definition) is 3. The van der Waals surface area contributed by atoms with Crippen molar-refractivity contribution in [3.63, 3.8) is 0 Å². The molecule has 4 nitrogen and oxygen atoms in total. The van der Waals surface area contributed by atoms with Crippen LogP contribution in [0.1, 0.15) is 26.7 Å². The van der Waals surface area contributed by atoms with Crippen LogP contribution in [0.25, 0.3) is 0 Å².